The summed E-state index contributed by atoms with van der Waals surface area (Å²) in [5.41, 5.74) is 0.273. The molecule has 0 fully saturated rings. The van der Waals surface area contributed by atoms with Crippen molar-refractivity contribution in [1.82, 2.24) is 0 Å². The lowest BCUT2D eigenvalue weighted by Crippen LogP contribution is -2.15. The lowest BCUT2D eigenvalue weighted by Gasteiger charge is -2.01. The molecule has 88 valence electrons. The molecule has 1 aromatic rings. The molecular weight excluding hydrogens is 291 g/mol. The van der Waals surface area contributed by atoms with E-state index < -0.39 is 11.6 Å². The molecule has 0 bridgehead atoms. The van der Waals surface area contributed by atoms with E-state index in [4.69, 9.17) is 5.26 Å². The number of nitrogens with zero attached hydrogens (tertiary/aromatic N) is 2. The van der Waals surface area contributed by atoms with Gasteiger partial charge in [0, 0.05) is 6.42 Å². The molecule has 0 aliphatic carbocycles. The van der Waals surface area contributed by atoms with Gasteiger partial charge >= 0.3 is 0 Å². The monoisotopic (exact) mass is 298 g/mol. The van der Waals surface area contributed by atoms with Gasteiger partial charge in [0.25, 0.3) is 0 Å². The van der Waals surface area contributed by atoms with Crippen LogP contribution in [0.15, 0.2) is 27.8 Å². The lowest BCUT2D eigenvalue weighted by molar-refractivity contribution is -0.112. The minimum absolute atomic E-state index is 0.0331. The number of carbonyl (C=O) groups excluding carboxylic acids is 1. The maximum absolute atomic E-state index is 13.0. The molecule has 0 saturated carbocycles. The number of hydrogen-bond acceptors (Lipinski definition) is 4. The Balaban J connectivity index is 2.85. The highest BCUT2D eigenvalue weighted by molar-refractivity contribution is 9.10. The average molecular weight is 299 g/mol. The topological polar surface area (TPSA) is 62.4 Å². The van der Waals surface area contributed by atoms with E-state index in [-0.39, 0.29) is 16.6 Å². The van der Waals surface area contributed by atoms with Crippen LogP contribution in [0, 0.1) is 17.1 Å². The highest BCUT2D eigenvalue weighted by Gasteiger charge is 2.13. The van der Waals surface area contributed by atoms with Crippen LogP contribution in [0.25, 0.3) is 0 Å². The first-order valence-electron chi connectivity index (χ1n) is 4.57. The van der Waals surface area contributed by atoms with Crippen LogP contribution >= 0.6 is 15.9 Å². The predicted octanol–water partition coefficient (Wildman–Crippen LogP) is 2.23. The number of benzene rings is 1. The van der Waals surface area contributed by atoms with Crippen molar-refractivity contribution in [2.24, 2.45) is 5.16 Å². The largest absolute Gasteiger partial charge is 0.398 e. The van der Waals surface area contributed by atoms with Crippen LogP contribution < -0.4 is 0 Å². The highest BCUT2D eigenvalue weighted by atomic mass is 79.9. The fraction of sp³-hybridized carbons (Fsp3) is 0.182. The van der Waals surface area contributed by atoms with Gasteiger partial charge in [-0.05, 0) is 33.6 Å². The van der Waals surface area contributed by atoms with Gasteiger partial charge in [0.15, 0.2) is 5.78 Å². The van der Waals surface area contributed by atoms with Gasteiger partial charge in [-0.25, -0.2) is 4.39 Å². The molecule has 1 rings (SSSR count). The Morgan fingerprint density at radius 1 is 1.65 bits per heavy atom. The Kier molecular flexibility index (Phi) is 4.79. The quantitative estimate of drug-likeness (QED) is 0.632. The Morgan fingerprint density at radius 3 is 2.88 bits per heavy atom. The molecular formula is C11H8BrFN2O2. The van der Waals surface area contributed by atoms with Gasteiger partial charge in [-0.3, -0.25) is 4.79 Å². The van der Waals surface area contributed by atoms with E-state index in [2.05, 4.69) is 25.9 Å². The lowest BCUT2D eigenvalue weighted by atomic mass is 10.1. The summed E-state index contributed by atoms with van der Waals surface area (Å²) in [5.74, 6) is -0.889. The van der Waals surface area contributed by atoms with Crippen molar-refractivity contribution < 1.29 is 14.0 Å². The van der Waals surface area contributed by atoms with E-state index in [0.717, 1.165) is 0 Å². The van der Waals surface area contributed by atoms with E-state index in [9.17, 15) is 9.18 Å². The van der Waals surface area contributed by atoms with E-state index >= 15 is 0 Å². The predicted molar refractivity (Wildman–Crippen MR) is 62.9 cm³/mol. The molecule has 17 heavy (non-hydrogen) atoms. The molecule has 0 aromatic heterocycles. The highest BCUT2D eigenvalue weighted by Crippen LogP contribution is 2.17. The zero-order valence-electron chi connectivity index (χ0n) is 8.91. The van der Waals surface area contributed by atoms with Crippen LogP contribution in [-0.4, -0.2) is 18.6 Å². The molecule has 6 heteroatoms. The van der Waals surface area contributed by atoms with Crippen LogP contribution in [0.4, 0.5) is 4.39 Å². The third-order valence-electron chi connectivity index (χ3n) is 1.90. The molecule has 0 spiro atoms. The second kappa shape index (κ2) is 6.11. The van der Waals surface area contributed by atoms with Gasteiger partial charge in [-0.15, -0.1) is 0 Å². The normalized spacial score (nSPS) is 10.8. The van der Waals surface area contributed by atoms with Crippen LogP contribution in [0.3, 0.4) is 0 Å². The van der Waals surface area contributed by atoms with Gasteiger partial charge in [0.2, 0.25) is 5.71 Å². The third kappa shape index (κ3) is 3.64. The van der Waals surface area contributed by atoms with Crippen molar-refractivity contribution in [1.29, 1.82) is 5.26 Å². The summed E-state index contributed by atoms with van der Waals surface area (Å²) in [6, 6.07) is 5.83. The molecule has 0 saturated heterocycles. The summed E-state index contributed by atoms with van der Waals surface area (Å²) in [4.78, 5) is 16.0. The van der Waals surface area contributed by atoms with Crippen molar-refractivity contribution in [2.45, 2.75) is 6.42 Å². The molecule has 0 amide bonds. The van der Waals surface area contributed by atoms with Crippen molar-refractivity contribution in [3.63, 3.8) is 0 Å². The van der Waals surface area contributed by atoms with Crippen LogP contribution in [0.5, 0.6) is 0 Å². The Morgan fingerprint density at radius 2 is 2.35 bits per heavy atom. The average Bonchev–Trinajstić information content (AvgIpc) is 2.30. The number of carbonyl (C=O) groups is 1. The van der Waals surface area contributed by atoms with E-state index in [1.807, 2.05) is 0 Å². The maximum Gasteiger partial charge on any atom is 0.222 e. The molecule has 1 aromatic carbocycles. The van der Waals surface area contributed by atoms with Gasteiger partial charge in [-0.1, -0.05) is 11.2 Å². The number of rotatable bonds is 4. The summed E-state index contributed by atoms with van der Waals surface area (Å²) < 4.78 is 13.2. The first-order chi connectivity index (χ1) is 8.08. The summed E-state index contributed by atoms with van der Waals surface area (Å²) in [6.07, 6.45) is -0.0331. The van der Waals surface area contributed by atoms with Crippen LogP contribution in [0.1, 0.15) is 5.56 Å². The standard InChI is InChI=1S/C11H8BrFN2O2/c1-17-15-10(6-14)11(16)5-7-2-3-9(13)8(12)4-7/h2-4H,5H2,1H3/b15-10+. The molecule has 0 unspecified atom stereocenters. The number of ketones is 1. The molecule has 0 aliphatic rings. The molecule has 0 aliphatic heterocycles. The number of nitriles is 1. The van der Waals surface area contributed by atoms with Gasteiger partial charge < -0.3 is 4.84 Å². The van der Waals surface area contributed by atoms with E-state index in [1.54, 1.807) is 6.07 Å². The van der Waals surface area contributed by atoms with Crippen molar-refractivity contribution in [3.8, 4) is 6.07 Å². The van der Waals surface area contributed by atoms with Crippen molar-refractivity contribution in [2.75, 3.05) is 7.11 Å². The van der Waals surface area contributed by atoms with Crippen molar-refractivity contribution >= 4 is 27.4 Å². The summed E-state index contributed by atoms with van der Waals surface area (Å²) in [5, 5.41) is 12.0. The molecule has 4 nitrogen and oxygen atoms in total. The molecule has 0 atom stereocenters. The minimum Gasteiger partial charge on any atom is -0.398 e. The third-order valence-corrected chi connectivity index (χ3v) is 2.51. The molecule has 0 N–H and O–H groups in total. The van der Waals surface area contributed by atoms with Crippen LogP contribution in [0.2, 0.25) is 0 Å². The zero-order chi connectivity index (χ0) is 12.8. The molecule has 0 radical (unpaired) electrons. The summed E-state index contributed by atoms with van der Waals surface area (Å²) in [7, 11) is 1.25. The maximum atomic E-state index is 13.0. The van der Waals surface area contributed by atoms with Crippen LogP contribution in [-0.2, 0) is 16.1 Å². The SMILES string of the molecule is CO/N=C(\C#N)C(=O)Cc1ccc(F)c(Br)c1. The van der Waals surface area contributed by atoms with Gasteiger partial charge in [-0.2, -0.15) is 5.26 Å². The molecule has 0 heterocycles. The van der Waals surface area contributed by atoms with Gasteiger partial charge in [0.1, 0.15) is 19.0 Å². The second-order valence-electron chi connectivity index (χ2n) is 3.08. The Hall–Kier alpha value is -1.74. The minimum atomic E-state index is -0.479. The zero-order valence-corrected chi connectivity index (χ0v) is 10.5. The van der Waals surface area contributed by atoms with Gasteiger partial charge in [0.05, 0.1) is 4.47 Å². The number of hydrogen-bond donors (Lipinski definition) is 0. The number of Topliss-reactive ketones (excluding diaryl/α,β-unsaturated/α-hetero) is 1. The van der Waals surface area contributed by atoms with Crippen molar-refractivity contribution in [3.05, 3.63) is 34.1 Å². The Labute approximate surface area is 106 Å². The Bertz CT molecular complexity index is 509. The summed E-state index contributed by atoms with van der Waals surface area (Å²) in [6.45, 7) is 0. The first kappa shape index (κ1) is 13.3. The van der Waals surface area contributed by atoms with E-state index in [0.29, 0.717) is 5.56 Å². The summed E-state index contributed by atoms with van der Waals surface area (Å²) >= 11 is 3.01. The smallest absolute Gasteiger partial charge is 0.222 e. The number of oxime groups is 1. The fourth-order valence-electron chi connectivity index (χ4n) is 1.14. The van der Waals surface area contributed by atoms with E-state index in [1.165, 1.54) is 25.3 Å². The number of halogens is 2. The second-order valence-corrected chi connectivity index (χ2v) is 3.94. The first-order valence-corrected chi connectivity index (χ1v) is 5.36. The fourth-order valence-corrected chi connectivity index (χ4v) is 1.57.